The molecule has 5 heteroatoms. The van der Waals surface area contributed by atoms with Crippen molar-refractivity contribution in [3.63, 3.8) is 0 Å². The molecule has 1 unspecified atom stereocenters. The Morgan fingerprint density at radius 1 is 1.61 bits per heavy atom. The zero-order chi connectivity index (χ0) is 12.8. The van der Waals surface area contributed by atoms with Crippen molar-refractivity contribution in [1.29, 1.82) is 0 Å². The number of aryl methyl sites for hydroxylation is 1. The molecule has 2 N–H and O–H groups in total. The van der Waals surface area contributed by atoms with Crippen LogP contribution in [0.5, 0.6) is 0 Å². The first-order valence-corrected chi connectivity index (χ1v) is 6.67. The molecule has 18 heavy (non-hydrogen) atoms. The molecular formula is C13H22N4O. The van der Waals surface area contributed by atoms with Crippen LogP contribution >= 0.6 is 0 Å². The Morgan fingerprint density at radius 2 is 2.50 bits per heavy atom. The molecular weight excluding hydrogens is 228 g/mol. The topological polar surface area (TPSA) is 59.0 Å². The van der Waals surface area contributed by atoms with Gasteiger partial charge in [-0.15, -0.1) is 0 Å². The van der Waals surface area contributed by atoms with Gasteiger partial charge in [-0.3, -0.25) is 9.48 Å². The second kappa shape index (κ2) is 6.00. The summed E-state index contributed by atoms with van der Waals surface area (Å²) >= 11 is 0. The predicted molar refractivity (Wildman–Crippen MR) is 70.1 cm³/mol. The van der Waals surface area contributed by atoms with Gasteiger partial charge in [-0.05, 0) is 38.8 Å². The van der Waals surface area contributed by atoms with Crippen molar-refractivity contribution >= 4 is 5.91 Å². The van der Waals surface area contributed by atoms with Crippen LogP contribution in [0.2, 0.25) is 0 Å². The monoisotopic (exact) mass is 250 g/mol. The highest BCUT2D eigenvalue weighted by Crippen LogP contribution is 2.25. The summed E-state index contributed by atoms with van der Waals surface area (Å²) in [6.07, 6.45) is 6.68. The third-order valence-corrected chi connectivity index (χ3v) is 3.55. The van der Waals surface area contributed by atoms with E-state index < -0.39 is 0 Å². The SMILES string of the molecule is CC1(C(=O)NCCCn2cccn2)CCCNC1. The van der Waals surface area contributed by atoms with Gasteiger partial charge in [0.1, 0.15) is 0 Å². The third kappa shape index (κ3) is 3.32. The second-order valence-electron chi connectivity index (χ2n) is 5.22. The zero-order valence-corrected chi connectivity index (χ0v) is 11.0. The van der Waals surface area contributed by atoms with Gasteiger partial charge in [0, 0.05) is 32.0 Å². The van der Waals surface area contributed by atoms with E-state index in [1.54, 1.807) is 6.20 Å². The predicted octanol–water partition coefficient (Wildman–Crippen LogP) is 0.779. The van der Waals surface area contributed by atoms with Gasteiger partial charge >= 0.3 is 0 Å². The molecule has 0 spiro atoms. The largest absolute Gasteiger partial charge is 0.356 e. The molecule has 1 aromatic rings. The van der Waals surface area contributed by atoms with Crippen molar-refractivity contribution in [3.8, 4) is 0 Å². The molecule has 1 aliphatic rings. The van der Waals surface area contributed by atoms with Gasteiger partial charge in [0.05, 0.1) is 5.41 Å². The van der Waals surface area contributed by atoms with E-state index in [4.69, 9.17) is 0 Å². The van der Waals surface area contributed by atoms with Crippen LogP contribution in [-0.2, 0) is 11.3 Å². The highest BCUT2D eigenvalue weighted by Gasteiger charge is 2.34. The molecule has 1 aliphatic heterocycles. The van der Waals surface area contributed by atoms with Gasteiger partial charge < -0.3 is 10.6 Å². The van der Waals surface area contributed by atoms with E-state index in [-0.39, 0.29) is 11.3 Å². The zero-order valence-electron chi connectivity index (χ0n) is 11.0. The van der Waals surface area contributed by atoms with E-state index in [1.165, 1.54) is 0 Å². The smallest absolute Gasteiger partial charge is 0.227 e. The van der Waals surface area contributed by atoms with Crippen LogP contribution in [0.4, 0.5) is 0 Å². The molecule has 1 fully saturated rings. The van der Waals surface area contributed by atoms with Gasteiger partial charge in [-0.1, -0.05) is 0 Å². The summed E-state index contributed by atoms with van der Waals surface area (Å²) in [5, 5.41) is 10.5. The number of nitrogens with one attached hydrogen (secondary N) is 2. The lowest BCUT2D eigenvalue weighted by molar-refractivity contribution is -0.131. The Bertz CT molecular complexity index is 368. The molecule has 0 radical (unpaired) electrons. The maximum Gasteiger partial charge on any atom is 0.227 e. The molecule has 1 atom stereocenters. The summed E-state index contributed by atoms with van der Waals surface area (Å²) in [7, 11) is 0. The Hall–Kier alpha value is -1.36. The molecule has 0 bridgehead atoms. The molecule has 0 aliphatic carbocycles. The fourth-order valence-electron chi connectivity index (χ4n) is 2.34. The highest BCUT2D eigenvalue weighted by molar-refractivity contribution is 5.82. The first-order chi connectivity index (χ1) is 8.71. The molecule has 100 valence electrons. The van der Waals surface area contributed by atoms with Crippen molar-refractivity contribution in [2.75, 3.05) is 19.6 Å². The van der Waals surface area contributed by atoms with E-state index in [0.29, 0.717) is 6.54 Å². The summed E-state index contributed by atoms with van der Waals surface area (Å²) < 4.78 is 1.88. The van der Waals surface area contributed by atoms with E-state index in [9.17, 15) is 4.79 Å². The van der Waals surface area contributed by atoms with Crippen LogP contribution in [0.15, 0.2) is 18.5 Å². The number of rotatable bonds is 5. The molecule has 5 nitrogen and oxygen atoms in total. The van der Waals surface area contributed by atoms with Gasteiger partial charge in [0.15, 0.2) is 0 Å². The number of aromatic nitrogens is 2. The molecule has 2 heterocycles. The lowest BCUT2D eigenvalue weighted by atomic mass is 9.82. The van der Waals surface area contributed by atoms with Crippen molar-refractivity contribution in [2.24, 2.45) is 5.41 Å². The number of nitrogens with zero attached hydrogens (tertiary/aromatic N) is 2. The Kier molecular flexibility index (Phi) is 4.36. The van der Waals surface area contributed by atoms with Crippen LogP contribution in [0.3, 0.4) is 0 Å². The van der Waals surface area contributed by atoms with Crippen LogP contribution in [0.25, 0.3) is 0 Å². The maximum atomic E-state index is 12.1. The first kappa shape index (κ1) is 13.1. The molecule has 1 amide bonds. The van der Waals surface area contributed by atoms with Crippen molar-refractivity contribution in [3.05, 3.63) is 18.5 Å². The quantitative estimate of drug-likeness (QED) is 0.759. The molecule has 0 aromatic carbocycles. The number of amides is 1. The minimum Gasteiger partial charge on any atom is -0.356 e. The van der Waals surface area contributed by atoms with Gasteiger partial charge in [0.25, 0.3) is 0 Å². The van der Waals surface area contributed by atoms with Gasteiger partial charge in [-0.2, -0.15) is 5.10 Å². The summed E-state index contributed by atoms with van der Waals surface area (Å²) in [6, 6.07) is 1.91. The lowest BCUT2D eigenvalue weighted by Crippen LogP contribution is -2.48. The van der Waals surface area contributed by atoms with Crippen molar-refractivity contribution in [1.82, 2.24) is 20.4 Å². The van der Waals surface area contributed by atoms with Crippen LogP contribution in [-0.4, -0.2) is 35.3 Å². The number of piperidine rings is 1. The van der Waals surface area contributed by atoms with Crippen molar-refractivity contribution in [2.45, 2.75) is 32.7 Å². The average molecular weight is 250 g/mol. The summed E-state index contributed by atoms with van der Waals surface area (Å²) in [4.78, 5) is 12.1. The average Bonchev–Trinajstić information content (AvgIpc) is 2.88. The van der Waals surface area contributed by atoms with Crippen LogP contribution < -0.4 is 10.6 Å². The standard InChI is InChI=1S/C13H22N4O/c1-13(5-2-6-14-11-13)12(18)15-7-3-9-17-10-4-8-16-17/h4,8,10,14H,2-3,5-7,9,11H2,1H3,(H,15,18). The van der Waals surface area contributed by atoms with Crippen LogP contribution in [0, 0.1) is 5.41 Å². The fourth-order valence-corrected chi connectivity index (χ4v) is 2.34. The molecule has 1 aromatic heterocycles. The Labute approximate surface area is 108 Å². The number of hydrogen-bond donors (Lipinski definition) is 2. The van der Waals surface area contributed by atoms with Gasteiger partial charge in [-0.25, -0.2) is 0 Å². The lowest BCUT2D eigenvalue weighted by Gasteiger charge is -2.32. The van der Waals surface area contributed by atoms with Crippen molar-refractivity contribution < 1.29 is 4.79 Å². The van der Waals surface area contributed by atoms with E-state index in [1.807, 2.05) is 23.9 Å². The molecule has 0 saturated carbocycles. The Balaban J connectivity index is 1.68. The van der Waals surface area contributed by atoms with E-state index in [0.717, 1.165) is 38.9 Å². The molecule has 2 rings (SSSR count). The fraction of sp³-hybridized carbons (Fsp3) is 0.692. The van der Waals surface area contributed by atoms with E-state index in [2.05, 4.69) is 15.7 Å². The normalized spacial score (nSPS) is 23.8. The third-order valence-electron chi connectivity index (χ3n) is 3.55. The number of carbonyl (C=O) groups excluding carboxylic acids is 1. The number of carbonyl (C=O) groups is 1. The van der Waals surface area contributed by atoms with Crippen LogP contribution in [0.1, 0.15) is 26.2 Å². The Morgan fingerprint density at radius 3 is 3.17 bits per heavy atom. The van der Waals surface area contributed by atoms with Gasteiger partial charge in [0.2, 0.25) is 5.91 Å². The second-order valence-corrected chi connectivity index (χ2v) is 5.22. The maximum absolute atomic E-state index is 12.1. The minimum absolute atomic E-state index is 0.176. The summed E-state index contributed by atoms with van der Waals surface area (Å²) in [6.45, 7) is 5.43. The van der Waals surface area contributed by atoms with E-state index >= 15 is 0 Å². The number of hydrogen-bond acceptors (Lipinski definition) is 3. The molecule has 1 saturated heterocycles. The first-order valence-electron chi connectivity index (χ1n) is 6.67. The summed E-state index contributed by atoms with van der Waals surface area (Å²) in [5.41, 5.74) is -0.232. The summed E-state index contributed by atoms with van der Waals surface area (Å²) in [5.74, 6) is 0.176. The highest BCUT2D eigenvalue weighted by atomic mass is 16.2. The minimum atomic E-state index is -0.232.